The zero-order chi connectivity index (χ0) is 15.1. The number of benzene rings is 1. The Bertz CT molecular complexity index is 436. The Hall–Kier alpha value is -1.39. The van der Waals surface area contributed by atoms with E-state index < -0.39 is 0 Å². The molecular formula is C17H26N2O2. The van der Waals surface area contributed by atoms with Crippen LogP contribution >= 0.6 is 0 Å². The fourth-order valence-corrected chi connectivity index (χ4v) is 2.86. The highest BCUT2D eigenvalue weighted by Gasteiger charge is 2.21. The molecule has 116 valence electrons. The van der Waals surface area contributed by atoms with Crippen molar-refractivity contribution in [3.63, 3.8) is 0 Å². The second-order valence-electron chi connectivity index (χ2n) is 5.89. The van der Waals surface area contributed by atoms with Gasteiger partial charge >= 0.3 is 0 Å². The minimum atomic E-state index is 0.0577. The molecule has 0 spiro atoms. The number of methoxy groups -OCH3 is 1. The number of ether oxygens (including phenoxy) is 1. The molecule has 21 heavy (non-hydrogen) atoms. The summed E-state index contributed by atoms with van der Waals surface area (Å²) in [7, 11) is 1.69. The number of carbonyl (C=O) groups excluding carboxylic acids is 1. The van der Waals surface area contributed by atoms with Gasteiger partial charge in [-0.15, -0.1) is 0 Å². The van der Waals surface area contributed by atoms with E-state index in [0.29, 0.717) is 19.1 Å². The van der Waals surface area contributed by atoms with Gasteiger partial charge in [0.25, 0.3) is 0 Å². The second-order valence-corrected chi connectivity index (χ2v) is 5.89. The molecule has 1 aromatic carbocycles. The van der Waals surface area contributed by atoms with Crippen molar-refractivity contribution >= 4 is 5.91 Å². The van der Waals surface area contributed by atoms with Crippen LogP contribution in [0.15, 0.2) is 30.3 Å². The van der Waals surface area contributed by atoms with Crippen LogP contribution in [-0.4, -0.2) is 44.2 Å². The molecule has 0 bridgehead atoms. The van der Waals surface area contributed by atoms with Gasteiger partial charge in [0.05, 0.1) is 19.2 Å². The topological polar surface area (TPSA) is 41.6 Å². The van der Waals surface area contributed by atoms with Gasteiger partial charge in [0.2, 0.25) is 5.91 Å². The molecule has 2 atom stereocenters. The van der Waals surface area contributed by atoms with E-state index in [1.54, 1.807) is 7.11 Å². The maximum absolute atomic E-state index is 12.3. The van der Waals surface area contributed by atoms with Gasteiger partial charge < -0.3 is 9.64 Å². The van der Waals surface area contributed by atoms with E-state index in [9.17, 15) is 4.79 Å². The van der Waals surface area contributed by atoms with Gasteiger partial charge in [-0.05, 0) is 24.3 Å². The second kappa shape index (κ2) is 8.15. The van der Waals surface area contributed by atoms with Gasteiger partial charge in [0, 0.05) is 20.2 Å². The summed E-state index contributed by atoms with van der Waals surface area (Å²) < 4.78 is 5.27. The molecule has 1 aromatic rings. The molecule has 1 aliphatic rings. The summed E-state index contributed by atoms with van der Waals surface area (Å²) in [6, 6.07) is 10.2. The number of likely N-dealkylation sites (tertiary alicyclic amines) is 1. The van der Waals surface area contributed by atoms with Crippen LogP contribution in [0.1, 0.15) is 31.4 Å². The predicted molar refractivity (Wildman–Crippen MR) is 84.0 cm³/mol. The number of rotatable bonds is 6. The van der Waals surface area contributed by atoms with Crippen molar-refractivity contribution in [2.75, 3.05) is 33.4 Å². The minimum Gasteiger partial charge on any atom is -0.383 e. The molecule has 4 heteroatoms. The molecule has 1 N–H and O–H groups in total. The summed E-state index contributed by atoms with van der Waals surface area (Å²) in [6.45, 7) is 4.93. The highest BCUT2D eigenvalue weighted by molar-refractivity contribution is 5.78. The fourth-order valence-electron chi connectivity index (χ4n) is 2.86. The van der Waals surface area contributed by atoms with E-state index in [-0.39, 0.29) is 11.9 Å². The first kappa shape index (κ1) is 16.0. The van der Waals surface area contributed by atoms with Gasteiger partial charge in [-0.25, -0.2) is 0 Å². The molecule has 0 aromatic heterocycles. The molecule has 0 radical (unpaired) electrons. The molecule has 1 amide bonds. The maximum atomic E-state index is 12.3. The van der Waals surface area contributed by atoms with Crippen molar-refractivity contribution in [3.05, 3.63) is 35.9 Å². The van der Waals surface area contributed by atoms with E-state index >= 15 is 0 Å². The lowest BCUT2D eigenvalue weighted by molar-refractivity contribution is -0.132. The fraction of sp³-hybridized carbons (Fsp3) is 0.588. The quantitative estimate of drug-likeness (QED) is 0.873. The van der Waals surface area contributed by atoms with Crippen LogP contribution in [0.4, 0.5) is 0 Å². The Labute approximate surface area is 127 Å². The number of hydrogen-bond acceptors (Lipinski definition) is 3. The Balaban J connectivity index is 1.88. The van der Waals surface area contributed by atoms with Gasteiger partial charge in [0.15, 0.2) is 0 Å². The SMILES string of the molecule is COC[C@@H](NCC(=O)N1CCC[C@H](C)C1)c1ccccc1. The van der Waals surface area contributed by atoms with E-state index in [4.69, 9.17) is 4.74 Å². The van der Waals surface area contributed by atoms with Crippen LogP contribution in [0.5, 0.6) is 0 Å². The highest BCUT2D eigenvalue weighted by atomic mass is 16.5. The first-order chi connectivity index (χ1) is 10.2. The molecular weight excluding hydrogens is 264 g/mol. The van der Waals surface area contributed by atoms with Crippen LogP contribution in [-0.2, 0) is 9.53 Å². The standard InChI is InChI=1S/C17H26N2O2/c1-14-7-6-10-19(12-14)17(20)11-18-16(13-21-2)15-8-4-3-5-9-15/h3-5,8-9,14,16,18H,6-7,10-13H2,1-2H3/t14-,16+/m0/s1. The molecule has 1 fully saturated rings. The average molecular weight is 290 g/mol. The van der Waals surface area contributed by atoms with Crippen molar-refractivity contribution in [3.8, 4) is 0 Å². The first-order valence-electron chi connectivity index (χ1n) is 7.75. The Morgan fingerprint density at radius 3 is 2.86 bits per heavy atom. The first-order valence-corrected chi connectivity index (χ1v) is 7.75. The largest absolute Gasteiger partial charge is 0.383 e. The monoisotopic (exact) mass is 290 g/mol. The Morgan fingerprint density at radius 1 is 1.43 bits per heavy atom. The van der Waals surface area contributed by atoms with Gasteiger partial charge in [0.1, 0.15) is 0 Å². The van der Waals surface area contributed by atoms with Crippen molar-refractivity contribution in [2.24, 2.45) is 5.92 Å². The minimum absolute atomic E-state index is 0.0577. The molecule has 0 aliphatic carbocycles. The smallest absolute Gasteiger partial charge is 0.236 e. The normalized spacial score (nSPS) is 20.3. The average Bonchev–Trinajstić information content (AvgIpc) is 2.52. The summed E-state index contributed by atoms with van der Waals surface area (Å²) in [4.78, 5) is 14.3. The van der Waals surface area contributed by atoms with Crippen molar-refractivity contribution < 1.29 is 9.53 Å². The Kier molecular flexibility index (Phi) is 6.21. The zero-order valence-electron chi connectivity index (χ0n) is 13.0. The lowest BCUT2D eigenvalue weighted by Crippen LogP contribution is -2.44. The van der Waals surface area contributed by atoms with Crippen molar-refractivity contribution in [1.82, 2.24) is 10.2 Å². The van der Waals surface area contributed by atoms with Gasteiger partial charge in [-0.2, -0.15) is 0 Å². The predicted octanol–water partition coefficient (Wildman–Crippen LogP) is 2.22. The summed E-state index contributed by atoms with van der Waals surface area (Å²) >= 11 is 0. The Morgan fingerprint density at radius 2 is 2.19 bits per heavy atom. The third-order valence-corrected chi connectivity index (χ3v) is 4.04. The number of piperidine rings is 1. The van der Waals surface area contributed by atoms with Crippen LogP contribution in [0, 0.1) is 5.92 Å². The highest BCUT2D eigenvalue weighted by Crippen LogP contribution is 2.16. The van der Waals surface area contributed by atoms with E-state index in [2.05, 4.69) is 24.4 Å². The van der Waals surface area contributed by atoms with Crippen LogP contribution in [0.3, 0.4) is 0 Å². The third kappa shape index (κ3) is 4.83. The summed E-state index contributed by atoms with van der Waals surface area (Å²) in [6.07, 6.45) is 2.35. The lowest BCUT2D eigenvalue weighted by atomic mass is 10.0. The van der Waals surface area contributed by atoms with Gasteiger partial charge in [-0.1, -0.05) is 37.3 Å². The van der Waals surface area contributed by atoms with E-state index in [0.717, 1.165) is 25.1 Å². The summed E-state index contributed by atoms with van der Waals surface area (Å²) in [5.41, 5.74) is 1.15. The molecule has 1 heterocycles. The molecule has 1 aliphatic heterocycles. The molecule has 1 saturated heterocycles. The molecule has 0 unspecified atom stereocenters. The molecule has 2 rings (SSSR count). The summed E-state index contributed by atoms with van der Waals surface area (Å²) in [5.74, 6) is 0.810. The van der Waals surface area contributed by atoms with Crippen molar-refractivity contribution in [2.45, 2.75) is 25.8 Å². The number of nitrogens with zero attached hydrogens (tertiary/aromatic N) is 1. The van der Waals surface area contributed by atoms with E-state index in [1.807, 2.05) is 23.1 Å². The number of hydrogen-bond donors (Lipinski definition) is 1. The molecule has 4 nitrogen and oxygen atoms in total. The van der Waals surface area contributed by atoms with Crippen LogP contribution < -0.4 is 5.32 Å². The zero-order valence-corrected chi connectivity index (χ0v) is 13.0. The molecule has 0 saturated carbocycles. The van der Waals surface area contributed by atoms with Crippen LogP contribution in [0.25, 0.3) is 0 Å². The number of amides is 1. The van der Waals surface area contributed by atoms with E-state index in [1.165, 1.54) is 6.42 Å². The maximum Gasteiger partial charge on any atom is 0.236 e. The lowest BCUT2D eigenvalue weighted by Gasteiger charge is -2.31. The summed E-state index contributed by atoms with van der Waals surface area (Å²) in [5, 5.41) is 3.33. The van der Waals surface area contributed by atoms with Crippen molar-refractivity contribution in [1.29, 1.82) is 0 Å². The third-order valence-electron chi connectivity index (χ3n) is 4.04. The van der Waals surface area contributed by atoms with Crippen LogP contribution in [0.2, 0.25) is 0 Å². The number of nitrogens with one attached hydrogen (secondary N) is 1. The number of carbonyl (C=O) groups is 1. The van der Waals surface area contributed by atoms with Gasteiger partial charge in [-0.3, -0.25) is 10.1 Å².